The largest absolute Gasteiger partial charge is 0.365 e. The highest BCUT2D eigenvalue weighted by molar-refractivity contribution is 7.17. The molecule has 1 aliphatic carbocycles. The number of anilines is 1. The average molecular weight is 419 g/mol. The quantitative estimate of drug-likeness (QED) is 0.592. The minimum atomic E-state index is -0.460. The summed E-state index contributed by atoms with van der Waals surface area (Å²) in [5, 5.41) is 3.66. The Balaban J connectivity index is 1.71. The number of aryl methyl sites for hydroxylation is 1. The number of carbonyl (C=O) groups is 2. The zero-order valence-electron chi connectivity index (χ0n) is 16.9. The topological polar surface area (TPSA) is 72.2 Å². The maximum Gasteiger partial charge on any atom is 0.251 e. The van der Waals surface area contributed by atoms with Crippen molar-refractivity contribution in [1.29, 1.82) is 0 Å². The number of benzene rings is 2. The molecule has 0 unspecified atom stereocenters. The van der Waals surface area contributed by atoms with Crippen molar-refractivity contribution in [2.24, 2.45) is 5.73 Å². The van der Waals surface area contributed by atoms with E-state index in [1.807, 2.05) is 60.7 Å². The van der Waals surface area contributed by atoms with Crippen LogP contribution in [0.2, 0.25) is 0 Å². The number of nitrogens with two attached hydrogens (primary N) is 1. The third kappa shape index (κ3) is 4.31. The Labute approximate surface area is 181 Å². The second-order valence-electron chi connectivity index (χ2n) is 7.73. The number of amides is 2. The molecule has 3 aromatic rings. The van der Waals surface area contributed by atoms with Crippen LogP contribution >= 0.6 is 11.3 Å². The van der Waals surface area contributed by atoms with Gasteiger partial charge in [0.1, 0.15) is 5.00 Å². The van der Waals surface area contributed by atoms with Gasteiger partial charge in [-0.05, 0) is 42.4 Å². The summed E-state index contributed by atoms with van der Waals surface area (Å²) in [6, 6.07) is 19.4. The van der Waals surface area contributed by atoms with Gasteiger partial charge >= 0.3 is 0 Å². The number of hydrogen-bond acceptors (Lipinski definition) is 3. The van der Waals surface area contributed by atoms with Gasteiger partial charge in [-0.1, -0.05) is 73.5 Å². The fourth-order valence-corrected chi connectivity index (χ4v) is 5.54. The lowest BCUT2D eigenvalue weighted by atomic mass is 9.90. The van der Waals surface area contributed by atoms with E-state index < -0.39 is 11.8 Å². The van der Waals surface area contributed by atoms with Crippen molar-refractivity contribution in [3.63, 3.8) is 0 Å². The molecule has 30 heavy (non-hydrogen) atoms. The van der Waals surface area contributed by atoms with Gasteiger partial charge in [0.25, 0.3) is 5.91 Å². The number of carbonyl (C=O) groups excluding carboxylic acids is 2. The van der Waals surface area contributed by atoms with E-state index in [2.05, 4.69) is 5.32 Å². The van der Waals surface area contributed by atoms with Crippen molar-refractivity contribution < 1.29 is 9.59 Å². The molecule has 0 saturated heterocycles. The molecule has 4 nitrogen and oxygen atoms in total. The summed E-state index contributed by atoms with van der Waals surface area (Å²) in [6.45, 7) is 0. The summed E-state index contributed by atoms with van der Waals surface area (Å²) >= 11 is 1.52. The molecule has 0 aliphatic heterocycles. The zero-order chi connectivity index (χ0) is 20.9. The van der Waals surface area contributed by atoms with Crippen LogP contribution in [0.5, 0.6) is 0 Å². The summed E-state index contributed by atoms with van der Waals surface area (Å²) in [6.07, 6.45) is 6.32. The SMILES string of the molecule is NC(=O)c1c(NC(=O)C(c2ccccc2)c2ccccc2)sc2c1CCCCCC2. The predicted molar refractivity (Wildman–Crippen MR) is 122 cm³/mol. The first-order chi connectivity index (χ1) is 14.6. The van der Waals surface area contributed by atoms with Crippen LogP contribution in [0.3, 0.4) is 0 Å². The molecular weight excluding hydrogens is 392 g/mol. The van der Waals surface area contributed by atoms with Crippen LogP contribution in [0.25, 0.3) is 0 Å². The molecule has 0 spiro atoms. The standard InChI is InChI=1S/C25H26N2O2S/c26-23(28)22-19-15-9-1-2-10-16-20(19)30-25(22)27-24(29)21(17-11-5-3-6-12-17)18-13-7-4-8-14-18/h3-8,11-14,21H,1-2,9-10,15-16H2,(H2,26,28)(H,27,29). The van der Waals surface area contributed by atoms with Crippen molar-refractivity contribution in [2.75, 3.05) is 5.32 Å². The Morgan fingerprint density at radius 2 is 1.40 bits per heavy atom. The van der Waals surface area contributed by atoms with Crippen molar-refractivity contribution >= 4 is 28.2 Å². The number of fused-ring (bicyclic) bond motifs is 1. The molecule has 0 saturated carbocycles. The van der Waals surface area contributed by atoms with Gasteiger partial charge in [0, 0.05) is 4.88 Å². The lowest BCUT2D eigenvalue weighted by molar-refractivity contribution is -0.116. The van der Waals surface area contributed by atoms with Crippen LogP contribution in [0, 0.1) is 0 Å². The summed E-state index contributed by atoms with van der Waals surface area (Å²) in [5.41, 5.74) is 9.14. The molecule has 1 aromatic heterocycles. The summed E-state index contributed by atoms with van der Waals surface area (Å²) < 4.78 is 0. The van der Waals surface area contributed by atoms with Gasteiger partial charge in [-0.15, -0.1) is 11.3 Å². The van der Waals surface area contributed by atoms with Gasteiger partial charge in [-0.25, -0.2) is 0 Å². The Morgan fingerprint density at radius 3 is 1.97 bits per heavy atom. The fourth-order valence-electron chi connectivity index (χ4n) is 4.24. The monoisotopic (exact) mass is 418 g/mol. The first kappa shape index (κ1) is 20.4. The van der Waals surface area contributed by atoms with Crippen molar-refractivity contribution in [3.05, 3.63) is 87.8 Å². The van der Waals surface area contributed by atoms with Crippen molar-refractivity contribution in [1.82, 2.24) is 0 Å². The molecule has 154 valence electrons. The Hall–Kier alpha value is -2.92. The van der Waals surface area contributed by atoms with Crippen molar-refractivity contribution in [2.45, 2.75) is 44.4 Å². The van der Waals surface area contributed by atoms with Crippen LogP contribution < -0.4 is 11.1 Å². The Kier molecular flexibility index (Phi) is 6.29. The van der Waals surface area contributed by atoms with Crippen LogP contribution in [0.1, 0.15) is 63.5 Å². The first-order valence-corrected chi connectivity index (χ1v) is 11.3. The summed E-state index contributed by atoms with van der Waals surface area (Å²) in [4.78, 5) is 27.0. The van der Waals surface area contributed by atoms with Gasteiger partial charge in [0.2, 0.25) is 5.91 Å². The first-order valence-electron chi connectivity index (χ1n) is 10.5. The molecule has 0 bridgehead atoms. The van der Waals surface area contributed by atoms with Gasteiger partial charge in [-0.2, -0.15) is 0 Å². The molecule has 4 rings (SSSR count). The molecule has 3 N–H and O–H groups in total. The van der Waals surface area contributed by atoms with Gasteiger partial charge in [0.05, 0.1) is 11.5 Å². The van der Waals surface area contributed by atoms with Gasteiger partial charge in [-0.3, -0.25) is 9.59 Å². The molecule has 2 amide bonds. The maximum absolute atomic E-state index is 13.5. The van der Waals surface area contributed by atoms with E-state index in [4.69, 9.17) is 5.73 Å². The van der Waals surface area contributed by atoms with E-state index >= 15 is 0 Å². The number of thiophene rings is 1. The van der Waals surface area contributed by atoms with Crippen LogP contribution in [-0.2, 0) is 17.6 Å². The van der Waals surface area contributed by atoms with E-state index in [0.29, 0.717) is 10.6 Å². The summed E-state index contributed by atoms with van der Waals surface area (Å²) in [7, 11) is 0. The second-order valence-corrected chi connectivity index (χ2v) is 8.84. The number of rotatable bonds is 5. The smallest absolute Gasteiger partial charge is 0.251 e. The van der Waals surface area contributed by atoms with Gasteiger partial charge in [0.15, 0.2) is 0 Å². The Bertz CT molecular complexity index is 989. The third-order valence-corrected chi connectivity index (χ3v) is 6.89. The van der Waals surface area contributed by atoms with E-state index in [-0.39, 0.29) is 5.91 Å². The lowest BCUT2D eigenvalue weighted by Crippen LogP contribution is -2.24. The minimum Gasteiger partial charge on any atom is -0.365 e. The molecule has 0 atom stereocenters. The highest BCUT2D eigenvalue weighted by atomic mass is 32.1. The summed E-state index contributed by atoms with van der Waals surface area (Å²) in [5.74, 6) is -1.07. The molecule has 0 fully saturated rings. The number of primary amides is 1. The normalized spacial score (nSPS) is 13.9. The highest BCUT2D eigenvalue weighted by Crippen LogP contribution is 2.38. The van der Waals surface area contributed by atoms with Crippen LogP contribution in [0.4, 0.5) is 5.00 Å². The van der Waals surface area contributed by atoms with E-state index in [0.717, 1.165) is 42.4 Å². The molecule has 0 radical (unpaired) electrons. The number of hydrogen-bond donors (Lipinski definition) is 2. The highest BCUT2D eigenvalue weighted by Gasteiger charge is 2.27. The third-order valence-electron chi connectivity index (χ3n) is 5.68. The molecule has 2 aromatic carbocycles. The van der Waals surface area contributed by atoms with Crippen LogP contribution in [-0.4, -0.2) is 11.8 Å². The molecule has 5 heteroatoms. The zero-order valence-corrected chi connectivity index (χ0v) is 17.7. The molecule has 1 aliphatic rings. The van der Waals surface area contributed by atoms with Crippen LogP contribution in [0.15, 0.2) is 60.7 Å². The van der Waals surface area contributed by atoms with Crippen molar-refractivity contribution in [3.8, 4) is 0 Å². The second kappa shape index (κ2) is 9.26. The molecular formula is C25H26N2O2S. The maximum atomic E-state index is 13.5. The number of nitrogens with one attached hydrogen (secondary N) is 1. The van der Waals surface area contributed by atoms with E-state index in [1.54, 1.807) is 0 Å². The predicted octanol–water partition coefficient (Wildman–Crippen LogP) is 5.28. The van der Waals surface area contributed by atoms with Gasteiger partial charge < -0.3 is 11.1 Å². The van der Waals surface area contributed by atoms with E-state index in [1.165, 1.54) is 29.1 Å². The Morgan fingerprint density at radius 1 is 0.833 bits per heavy atom. The van der Waals surface area contributed by atoms with E-state index in [9.17, 15) is 9.59 Å². The molecule has 1 heterocycles. The minimum absolute atomic E-state index is 0.149. The fraction of sp³-hybridized carbons (Fsp3) is 0.280. The lowest BCUT2D eigenvalue weighted by Gasteiger charge is -2.18. The average Bonchev–Trinajstić information content (AvgIpc) is 3.06.